The monoisotopic (exact) mass is 266 g/mol. The molecule has 0 radical (unpaired) electrons. The predicted octanol–water partition coefficient (Wildman–Crippen LogP) is -0.0662. The van der Waals surface area contributed by atoms with Crippen LogP contribution in [0.25, 0.3) is 0 Å². The number of hydrogen-bond donors (Lipinski definition) is 1. The van der Waals surface area contributed by atoms with Gasteiger partial charge in [-0.25, -0.2) is 4.68 Å². The van der Waals surface area contributed by atoms with Gasteiger partial charge in [-0.3, -0.25) is 4.79 Å². The van der Waals surface area contributed by atoms with Crippen molar-refractivity contribution >= 4 is 5.69 Å². The van der Waals surface area contributed by atoms with Crippen LogP contribution in [-0.2, 0) is 11.3 Å². The number of nitrogens with zero attached hydrogens (tertiary/aromatic N) is 3. The van der Waals surface area contributed by atoms with Crippen molar-refractivity contribution in [3.63, 3.8) is 0 Å². The van der Waals surface area contributed by atoms with E-state index in [9.17, 15) is 4.79 Å². The van der Waals surface area contributed by atoms with Gasteiger partial charge >= 0.3 is 0 Å². The zero-order valence-corrected chi connectivity index (χ0v) is 11.8. The van der Waals surface area contributed by atoms with E-state index in [0.717, 1.165) is 25.3 Å². The number of anilines is 1. The standard InChI is InChI=1S/C13H22N4O2/c1-14-12(10-4-5-19-9-10)8-17-13(18)6-11(7-15-17)16(2)3/h6-7,10,12,14H,4-5,8-9H2,1-3H3. The van der Waals surface area contributed by atoms with E-state index in [4.69, 9.17) is 4.74 Å². The lowest BCUT2D eigenvalue weighted by atomic mass is 9.99. The molecule has 1 N–H and O–H groups in total. The molecule has 2 heterocycles. The minimum Gasteiger partial charge on any atom is -0.381 e. The lowest BCUT2D eigenvalue weighted by Crippen LogP contribution is -2.41. The van der Waals surface area contributed by atoms with E-state index in [1.54, 1.807) is 12.3 Å². The molecule has 0 amide bonds. The molecule has 1 saturated heterocycles. The summed E-state index contributed by atoms with van der Waals surface area (Å²) in [4.78, 5) is 13.9. The molecule has 0 bridgehead atoms. The summed E-state index contributed by atoms with van der Waals surface area (Å²) in [6, 6.07) is 1.84. The van der Waals surface area contributed by atoms with Crippen LogP contribution in [0.5, 0.6) is 0 Å². The van der Waals surface area contributed by atoms with Crippen LogP contribution in [-0.4, -0.2) is 50.2 Å². The van der Waals surface area contributed by atoms with Gasteiger partial charge in [0.1, 0.15) is 0 Å². The molecule has 2 rings (SSSR count). The first-order chi connectivity index (χ1) is 9.11. The number of ether oxygens (including phenoxy) is 1. The fourth-order valence-electron chi connectivity index (χ4n) is 2.34. The van der Waals surface area contributed by atoms with E-state index in [2.05, 4.69) is 10.4 Å². The van der Waals surface area contributed by atoms with Crippen molar-refractivity contribution in [1.82, 2.24) is 15.1 Å². The topological polar surface area (TPSA) is 59.4 Å². The summed E-state index contributed by atoms with van der Waals surface area (Å²) >= 11 is 0. The molecule has 1 fully saturated rings. The first kappa shape index (κ1) is 14.0. The van der Waals surface area contributed by atoms with E-state index in [-0.39, 0.29) is 11.6 Å². The third kappa shape index (κ3) is 3.33. The van der Waals surface area contributed by atoms with E-state index in [1.807, 2.05) is 26.0 Å². The maximum Gasteiger partial charge on any atom is 0.268 e. The van der Waals surface area contributed by atoms with Crippen LogP contribution in [0.2, 0.25) is 0 Å². The van der Waals surface area contributed by atoms with Crippen LogP contribution in [0.15, 0.2) is 17.1 Å². The predicted molar refractivity (Wildman–Crippen MR) is 74.6 cm³/mol. The van der Waals surface area contributed by atoms with E-state index in [0.29, 0.717) is 12.5 Å². The van der Waals surface area contributed by atoms with Gasteiger partial charge < -0.3 is 15.0 Å². The lowest BCUT2D eigenvalue weighted by molar-refractivity contribution is 0.174. The highest BCUT2D eigenvalue weighted by atomic mass is 16.5. The van der Waals surface area contributed by atoms with Crippen LogP contribution in [0.3, 0.4) is 0 Å². The van der Waals surface area contributed by atoms with E-state index >= 15 is 0 Å². The molecule has 2 atom stereocenters. The molecule has 6 heteroatoms. The lowest BCUT2D eigenvalue weighted by Gasteiger charge is -2.22. The van der Waals surface area contributed by atoms with Gasteiger partial charge in [-0.15, -0.1) is 0 Å². The Kier molecular flexibility index (Phi) is 4.55. The zero-order chi connectivity index (χ0) is 13.8. The third-order valence-corrected chi connectivity index (χ3v) is 3.65. The normalized spacial score (nSPS) is 20.5. The van der Waals surface area contributed by atoms with Crippen LogP contribution in [0.1, 0.15) is 6.42 Å². The molecule has 19 heavy (non-hydrogen) atoms. The van der Waals surface area contributed by atoms with Gasteiger partial charge in [-0.2, -0.15) is 5.10 Å². The van der Waals surface area contributed by atoms with Gasteiger partial charge in [0.2, 0.25) is 0 Å². The summed E-state index contributed by atoms with van der Waals surface area (Å²) in [6.07, 6.45) is 2.76. The summed E-state index contributed by atoms with van der Waals surface area (Å²) in [6.45, 7) is 2.15. The summed E-state index contributed by atoms with van der Waals surface area (Å²) < 4.78 is 6.92. The maximum atomic E-state index is 12.0. The molecule has 1 aliphatic rings. The number of nitrogens with one attached hydrogen (secondary N) is 1. The van der Waals surface area contributed by atoms with Crippen molar-refractivity contribution in [2.45, 2.75) is 19.0 Å². The quantitative estimate of drug-likeness (QED) is 0.808. The molecule has 0 spiro atoms. The second-order valence-corrected chi connectivity index (χ2v) is 5.15. The minimum atomic E-state index is -0.0645. The Morgan fingerprint density at radius 2 is 2.42 bits per heavy atom. The van der Waals surface area contributed by atoms with E-state index in [1.165, 1.54) is 4.68 Å². The number of aromatic nitrogens is 2. The highest BCUT2D eigenvalue weighted by Gasteiger charge is 2.25. The molecule has 0 saturated carbocycles. The first-order valence-electron chi connectivity index (χ1n) is 6.61. The van der Waals surface area contributed by atoms with Crippen molar-refractivity contribution in [2.24, 2.45) is 5.92 Å². The van der Waals surface area contributed by atoms with Crippen LogP contribution in [0, 0.1) is 5.92 Å². The molecule has 1 aromatic rings. The van der Waals surface area contributed by atoms with Gasteiger partial charge in [-0.05, 0) is 13.5 Å². The van der Waals surface area contributed by atoms with Crippen LogP contribution >= 0.6 is 0 Å². The molecule has 0 aromatic carbocycles. The van der Waals surface area contributed by atoms with Gasteiger partial charge in [0.05, 0.1) is 25.0 Å². The Labute approximate surface area is 113 Å². The van der Waals surface area contributed by atoms with Crippen molar-refractivity contribution in [2.75, 3.05) is 39.3 Å². The molecule has 2 unspecified atom stereocenters. The van der Waals surface area contributed by atoms with Crippen molar-refractivity contribution < 1.29 is 4.74 Å². The van der Waals surface area contributed by atoms with Crippen molar-refractivity contribution in [3.8, 4) is 0 Å². The summed E-state index contributed by atoms with van der Waals surface area (Å²) in [5, 5.41) is 7.51. The van der Waals surface area contributed by atoms with Gasteiger partial charge in [-0.1, -0.05) is 0 Å². The second kappa shape index (κ2) is 6.16. The summed E-state index contributed by atoms with van der Waals surface area (Å²) in [7, 11) is 5.71. The SMILES string of the molecule is CNC(Cn1ncc(N(C)C)cc1=O)C1CCOC1. The minimum absolute atomic E-state index is 0.0645. The zero-order valence-electron chi connectivity index (χ0n) is 11.8. The van der Waals surface area contributed by atoms with Crippen molar-refractivity contribution in [3.05, 3.63) is 22.6 Å². The average molecular weight is 266 g/mol. The molecule has 106 valence electrons. The van der Waals surface area contributed by atoms with Gasteiger partial charge in [0, 0.05) is 38.7 Å². The summed E-state index contributed by atoms with van der Waals surface area (Å²) in [5.41, 5.74) is 0.761. The molecular formula is C13H22N4O2. The Hall–Kier alpha value is -1.40. The molecule has 0 aliphatic carbocycles. The molecule has 6 nitrogen and oxygen atoms in total. The fourth-order valence-corrected chi connectivity index (χ4v) is 2.34. The third-order valence-electron chi connectivity index (χ3n) is 3.65. The molecule has 1 aromatic heterocycles. The first-order valence-corrected chi connectivity index (χ1v) is 6.61. The Morgan fingerprint density at radius 1 is 1.63 bits per heavy atom. The maximum absolute atomic E-state index is 12.0. The number of likely N-dealkylation sites (N-methyl/N-ethyl adjacent to an activating group) is 1. The van der Waals surface area contributed by atoms with Crippen LogP contribution in [0.4, 0.5) is 5.69 Å². The largest absolute Gasteiger partial charge is 0.381 e. The Balaban J connectivity index is 2.11. The summed E-state index contributed by atoms with van der Waals surface area (Å²) in [5.74, 6) is 0.451. The second-order valence-electron chi connectivity index (χ2n) is 5.15. The highest BCUT2D eigenvalue weighted by Crippen LogP contribution is 2.17. The molecular weight excluding hydrogens is 244 g/mol. The Bertz CT molecular complexity index is 466. The molecule has 1 aliphatic heterocycles. The van der Waals surface area contributed by atoms with Gasteiger partial charge in [0.25, 0.3) is 5.56 Å². The van der Waals surface area contributed by atoms with Crippen LogP contribution < -0.4 is 15.8 Å². The Morgan fingerprint density at radius 3 is 2.95 bits per heavy atom. The number of rotatable bonds is 5. The average Bonchev–Trinajstić information content (AvgIpc) is 2.91. The van der Waals surface area contributed by atoms with Gasteiger partial charge in [0.15, 0.2) is 0 Å². The fraction of sp³-hybridized carbons (Fsp3) is 0.692. The number of hydrogen-bond acceptors (Lipinski definition) is 5. The highest BCUT2D eigenvalue weighted by molar-refractivity contribution is 5.40. The van der Waals surface area contributed by atoms with Crippen molar-refractivity contribution in [1.29, 1.82) is 0 Å². The smallest absolute Gasteiger partial charge is 0.268 e. The van der Waals surface area contributed by atoms with E-state index < -0.39 is 0 Å².